The predicted octanol–water partition coefficient (Wildman–Crippen LogP) is 3.31. The SMILES string of the molecule is CC.CC.CC(=O)C1=CCCCC1=O. The van der Waals surface area contributed by atoms with E-state index in [9.17, 15) is 9.59 Å². The molecule has 1 aliphatic carbocycles. The molecule has 0 radical (unpaired) electrons. The van der Waals surface area contributed by atoms with Crippen LogP contribution in [0.15, 0.2) is 11.6 Å². The van der Waals surface area contributed by atoms with E-state index in [0.29, 0.717) is 12.0 Å². The molecule has 2 heteroatoms. The first kappa shape index (κ1) is 15.5. The van der Waals surface area contributed by atoms with Crippen LogP contribution < -0.4 is 0 Å². The van der Waals surface area contributed by atoms with Crippen molar-refractivity contribution in [2.75, 3.05) is 0 Å². The molecule has 0 unspecified atom stereocenters. The highest BCUT2D eigenvalue weighted by Crippen LogP contribution is 2.13. The first-order valence-corrected chi connectivity index (χ1v) is 5.46. The maximum atomic E-state index is 10.9. The topological polar surface area (TPSA) is 34.1 Å². The molecule has 0 aromatic rings. The van der Waals surface area contributed by atoms with Gasteiger partial charge in [0.15, 0.2) is 11.6 Å². The highest BCUT2D eigenvalue weighted by molar-refractivity contribution is 6.19. The van der Waals surface area contributed by atoms with Gasteiger partial charge in [0.25, 0.3) is 0 Å². The summed E-state index contributed by atoms with van der Waals surface area (Å²) in [6, 6.07) is 0. The number of allylic oxidation sites excluding steroid dienone is 2. The third-order valence-electron chi connectivity index (χ3n) is 1.64. The van der Waals surface area contributed by atoms with Crippen molar-refractivity contribution in [2.45, 2.75) is 53.9 Å². The lowest BCUT2D eigenvalue weighted by atomic mass is 9.96. The Hall–Kier alpha value is -0.920. The summed E-state index contributed by atoms with van der Waals surface area (Å²) in [6.45, 7) is 9.44. The Morgan fingerprint density at radius 2 is 1.71 bits per heavy atom. The third kappa shape index (κ3) is 5.68. The van der Waals surface area contributed by atoms with Gasteiger partial charge in [-0.2, -0.15) is 0 Å². The molecular formula is C12H22O2. The molecule has 0 saturated heterocycles. The van der Waals surface area contributed by atoms with E-state index in [4.69, 9.17) is 0 Å². The van der Waals surface area contributed by atoms with Gasteiger partial charge in [-0.05, 0) is 19.8 Å². The molecule has 0 fully saturated rings. The number of Topliss-reactive ketones (excluding diaryl/α,β-unsaturated/α-hetero) is 2. The van der Waals surface area contributed by atoms with E-state index in [2.05, 4.69) is 0 Å². The van der Waals surface area contributed by atoms with E-state index >= 15 is 0 Å². The second kappa shape index (κ2) is 10.2. The Morgan fingerprint density at radius 3 is 2.00 bits per heavy atom. The van der Waals surface area contributed by atoms with Crippen molar-refractivity contribution in [2.24, 2.45) is 0 Å². The number of hydrogen-bond donors (Lipinski definition) is 0. The summed E-state index contributed by atoms with van der Waals surface area (Å²) in [5.41, 5.74) is 0.409. The fraction of sp³-hybridized carbons (Fsp3) is 0.667. The van der Waals surface area contributed by atoms with Crippen LogP contribution in [0.2, 0.25) is 0 Å². The van der Waals surface area contributed by atoms with Crippen LogP contribution in [0.4, 0.5) is 0 Å². The van der Waals surface area contributed by atoms with Crippen molar-refractivity contribution in [3.8, 4) is 0 Å². The smallest absolute Gasteiger partial charge is 0.166 e. The molecule has 0 atom stereocenters. The van der Waals surface area contributed by atoms with Gasteiger partial charge in [0, 0.05) is 6.42 Å². The molecule has 0 N–H and O–H groups in total. The molecule has 0 aromatic carbocycles. The Bertz CT molecular complexity index is 202. The van der Waals surface area contributed by atoms with Gasteiger partial charge in [0.1, 0.15) is 0 Å². The molecule has 2 nitrogen and oxygen atoms in total. The maximum Gasteiger partial charge on any atom is 0.166 e. The molecule has 0 bridgehead atoms. The van der Waals surface area contributed by atoms with Crippen LogP contribution in [0.1, 0.15) is 53.9 Å². The largest absolute Gasteiger partial charge is 0.294 e. The van der Waals surface area contributed by atoms with Crippen molar-refractivity contribution in [3.63, 3.8) is 0 Å². The van der Waals surface area contributed by atoms with Gasteiger partial charge in [-0.3, -0.25) is 9.59 Å². The minimum Gasteiger partial charge on any atom is -0.294 e. The van der Waals surface area contributed by atoms with E-state index < -0.39 is 0 Å². The van der Waals surface area contributed by atoms with Gasteiger partial charge < -0.3 is 0 Å². The van der Waals surface area contributed by atoms with Gasteiger partial charge in [0.2, 0.25) is 0 Å². The molecule has 14 heavy (non-hydrogen) atoms. The Labute approximate surface area is 87.4 Å². The molecular weight excluding hydrogens is 176 g/mol. The molecule has 1 aliphatic rings. The highest BCUT2D eigenvalue weighted by atomic mass is 16.1. The zero-order valence-corrected chi connectivity index (χ0v) is 10.0. The van der Waals surface area contributed by atoms with E-state index in [1.54, 1.807) is 6.08 Å². The molecule has 0 saturated carbocycles. The number of hydrogen-bond acceptors (Lipinski definition) is 2. The number of ketones is 2. The van der Waals surface area contributed by atoms with Crippen LogP contribution in [-0.4, -0.2) is 11.6 Å². The van der Waals surface area contributed by atoms with Gasteiger partial charge in [-0.1, -0.05) is 33.8 Å². The van der Waals surface area contributed by atoms with Crippen molar-refractivity contribution >= 4 is 11.6 Å². The van der Waals surface area contributed by atoms with Crippen LogP contribution in [0.3, 0.4) is 0 Å². The summed E-state index contributed by atoms with van der Waals surface area (Å²) in [5, 5.41) is 0. The van der Waals surface area contributed by atoms with Crippen molar-refractivity contribution < 1.29 is 9.59 Å². The summed E-state index contributed by atoms with van der Waals surface area (Å²) in [5.74, 6) is -0.0801. The van der Waals surface area contributed by atoms with Gasteiger partial charge >= 0.3 is 0 Å². The number of rotatable bonds is 1. The first-order chi connectivity index (χ1) is 6.72. The Balaban J connectivity index is 0. The van der Waals surface area contributed by atoms with Crippen LogP contribution in [-0.2, 0) is 9.59 Å². The van der Waals surface area contributed by atoms with E-state index in [-0.39, 0.29) is 11.6 Å². The summed E-state index contributed by atoms with van der Waals surface area (Å²) in [4.78, 5) is 21.7. The molecule has 0 aliphatic heterocycles. The summed E-state index contributed by atoms with van der Waals surface area (Å²) >= 11 is 0. The van der Waals surface area contributed by atoms with Crippen molar-refractivity contribution in [3.05, 3.63) is 11.6 Å². The van der Waals surface area contributed by atoms with Crippen LogP contribution in [0.5, 0.6) is 0 Å². The number of carbonyl (C=O) groups excluding carboxylic acids is 2. The molecule has 82 valence electrons. The first-order valence-electron chi connectivity index (χ1n) is 5.46. The van der Waals surface area contributed by atoms with Crippen LogP contribution in [0, 0.1) is 0 Å². The Morgan fingerprint density at radius 1 is 1.21 bits per heavy atom. The Kier molecular flexibility index (Phi) is 11.3. The average Bonchev–Trinajstić information content (AvgIpc) is 2.24. The lowest BCUT2D eigenvalue weighted by Gasteiger charge is -2.07. The normalized spacial score (nSPS) is 14.1. The summed E-state index contributed by atoms with van der Waals surface area (Å²) < 4.78 is 0. The van der Waals surface area contributed by atoms with Crippen molar-refractivity contribution in [1.82, 2.24) is 0 Å². The van der Waals surface area contributed by atoms with E-state index in [1.165, 1.54) is 6.92 Å². The lowest BCUT2D eigenvalue weighted by molar-refractivity contribution is -0.120. The van der Waals surface area contributed by atoms with E-state index in [1.807, 2.05) is 27.7 Å². The minimum atomic E-state index is -0.0929. The molecule has 0 amide bonds. The lowest BCUT2D eigenvalue weighted by Crippen LogP contribution is -2.12. The third-order valence-corrected chi connectivity index (χ3v) is 1.64. The van der Waals surface area contributed by atoms with Crippen molar-refractivity contribution in [1.29, 1.82) is 0 Å². The summed E-state index contributed by atoms with van der Waals surface area (Å²) in [7, 11) is 0. The second-order valence-electron chi connectivity index (χ2n) is 2.49. The van der Waals surface area contributed by atoms with E-state index in [0.717, 1.165) is 12.8 Å². The van der Waals surface area contributed by atoms with Crippen LogP contribution >= 0.6 is 0 Å². The molecule has 0 spiro atoms. The maximum absolute atomic E-state index is 10.9. The molecule has 0 aromatic heterocycles. The predicted molar refractivity (Wildman–Crippen MR) is 60.3 cm³/mol. The number of carbonyl (C=O) groups is 2. The zero-order valence-electron chi connectivity index (χ0n) is 10.0. The van der Waals surface area contributed by atoms with Gasteiger partial charge in [-0.15, -0.1) is 0 Å². The second-order valence-corrected chi connectivity index (χ2v) is 2.49. The van der Waals surface area contributed by atoms with Gasteiger partial charge in [-0.25, -0.2) is 0 Å². The summed E-state index contributed by atoms with van der Waals surface area (Å²) in [6.07, 6.45) is 4.07. The molecule has 1 rings (SSSR count). The molecule has 0 heterocycles. The fourth-order valence-electron chi connectivity index (χ4n) is 1.10. The zero-order chi connectivity index (χ0) is 11.6. The minimum absolute atomic E-state index is 0.0127. The van der Waals surface area contributed by atoms with Gasteiger partial charge in [0.05, 0.1) is 5.57 Å². The monoisotopic (exact) mass is 198 g/mol. The standard InChI is InChI=1S/C8H10O2.2C2H6/c1-6(9)7-4-2-3-5-8(7)10;2*1-2/h4H,2-3,5H2,1H3;2*1-2H3. The highest BCUT2D eigenvalue weighted by Gasteiger charge is 2.16. The van der Waals surface area contributed by atoms with Crippen LogP contribution in [0.25, 0.3) is 0 Å². The fourth-order valence-corrected chi connectivity index (χ4v) is 1.10. The average molecular weight is 198 g/mol. The quantitative estimate of drug-likeness (QED) is 0.606.